The average molecular weight is 797 g/mol. The molecule has 13 heteroatoms. The number of aromatic hydroxyl groups is 2. The molecule has 8 rings (SSSR count). The molecular weight excluding hydrogens is 748 g/mol. The highest BCUT2D eigenvalue weighted by Crippen LogP contribution is 2.81. The summed E-state index contributed by atoms with van der Waals surface area (Å²) in [5, 5.41) is 40.8. The van der Waals surface area contributed by atoms with Crippen molar-refractivity contribution in [2.45, 2.75) is 92.3 Å². The van der Waals surface area contributed by atoms with E-state index in [0.29, 0.717) is 17.4 Å². The minimum Gasteiger partial charge on any atom is -0.507 e. The first-order valence-corrected chi connectivity index (χ1v) is 19.2. The van der Waals surface area contributed by atoms with Crippen LogP contribution in [-0.2, 0) is 14.3 Å². The Labute approximate surface area is 335 Å². The number of carbonyl (C=O) groups is 5. The highest BCUT2D eigenvalue weighted by molar-refractivity contribution is 6.06. The Morgan fingerprint density at radius 1 is 0.948 bits per heavy atom. The fourth-order valence-corrected chi connectivity index (χ4v) is 11.5. The summed E-state index contributed by atoms with van der Waals surface area (Å²) < 4.78 is 22.1. The number of carbonyl (C=O) groups excluding carboxylic acids is 4. The largest absolute Gasteiger partial charge is 0.507 e. The molecule has 0 radical (unpaired) electrons. The molecule has 0 amide bonds. The standard InChI is InChI=1S/C26H30O5.C19H18O8/c1-22(2)17(27)7-9-23(3)16-6-10-24(4)15(14-8-11-30-13-14)12-18-26(24,31-18)25(16,5)21(29)19(28)20(22)23;1-8-5-13(26-4)11(7-20)17(22)14(8)19(25)27-12-6-9(2)16(21)15(10(12)3)18(23)24/h7-9,11,13,15-16,18,28H,6,10,12H2,1-5H3;5-7,21-22H,1-4H3,(H,23,24). The van der Waals surface area contributed by atoms with Gasteiger partial charge in [-0.25, -0.2) is 9.59 Å². The summed E-state index contributed by atoms with van der Waals surface area (Å²) in [5.41, 5.74) is -1.71. The molecule has 3 fully saturated rings. The lowest BCUT2D eigenvalue weighted by molar-refractivity contribution is -0.162. The lowest BCUT2D eigenvalue weighted by Gasteiger charge is -2.62. The number of furan rings is 1. The highest BCUT2D eigenvalue weighted by Gasteiger charge is 2.87. The van der Waals surface area contributed by atoms with E-state index >= 15 is 0 Å². The van der Waals surface area contributed by atoms with Crippen molar-refractivity contribution in [3.05, 3.63) is 93.2 Å². The summed E-state index contributed by atoms with van der Waals surface area (Å²) in [6.45, 7) is 14.4. The van der Waals surface area contributed by atoms with Gasteiger partial charge in [0.05, 0.1) is 42.1 Å². The average Bonchev–Trinajstić information content (AvgIpc) is 3.51. The van der Waals surface area contributed by atoms with Crippen LogP contribution >= 0.6 is 0 Å². The molecule has 58 heavy (non-hydrogen) atoms. The number of phenols is 2. The van der Waals surface area contributed by atoms with Gasteiger partial charge in [0, 0.05) is 16.4 Å². The second-order valence-corrected chi connectivity index (χ2v) is 17.4. The fraction of sp³-hybridized carbons (Fsp3) is 0.444. The van der Waals surface area contributed by atoms with Crippen LogP contribution in [0.2, 0.25) is 0 Å². The van der Waals surface area contributed by atoms with Crippen molar-refractivity contribution in [3.8, 4) is 23.0 Å². The molecule has 3 aromatic rings. The number of aldehydes is 1. The number of esters is 1. The van der Waals surface area contributed by atoms with Gasteiger partial charge in [0.15, 0.2) is 17.8 Å². The Morgan fingerprint density at radius 3 is 2.22 bits per heavy atom. The normalized spacial score (nSPS) is 31.2. The molecule has 4 N–H and O–H groups in total. The third-order valence-electron chi connectivity index (χ3n) is 14.3. The Balaban J connectivity index is 0.000000179. The Morgan fingerprint density at radius 2 is 1.62 bits per heavy atom. The minimum atomic E-state index is -1.38. The van der Waals surface area contributed by atoms with Crippen molar-refractivity contribution in [3.63, 3.8) is 0 Å². The number of phenolic OH excluding ortho intramolecular Hbond substituents is 1. The van der Waals surface area contributed by atoms with Gasteiger partial charge in [-0.1, -0.05) is 19.9 Å². The van der Waals surface area contributed by atoms with E-state index in [1.807, 2.05) is 39.2 Å². The van der Waals surface area contributed by atoms with Crippen LogP contribution in [0.4, 0.5) is 0 Å². The van der Waals surface area contributed by atoms with Crippen LogP contribution in [0, 0.1) is 48.3 Å². The summed E-state index contributed by atoms with van der Waals surface area (Å²) in [7, 11) is 1.31. The predicted molar refractivity (Wildman–Crippen MR) is 208 cm³/mol. The van der Waals surface area contributed by atoms with Gasteiger partial charge in [-0.2, -0.15) is 0 Å². The van der Waals surface area contributed by atoms with Gasteiger partial charge in [0.1, 0.15) is 39.7 Å². The van der Waals surface area contributed by atoms with Crippen molar-refractivity contribution in [2.24, 2.45) is 27.6 Å². The van der Waals surface area contributed by atoms with Gasteiger partial charge in [0.2, 0.25) is 5.78 Å². The van der Waals surface area contributed by atoms with Crippen LogP contribution in [0.3, 0.4) is 0 Å². The molecule has 1 saturated heterocycles. The smallest absolute Gasteiger partial charge is 0.347 e. The Hall–Kier alpha value is -5.69. The van der Waals surface area contributed by atoms with Crippen LogP contribution < -0.4 is 9.47 Å². The molecule has 4 aliphatic carbocycles. The number of aromatic carboxylic acids is 1. The first kappa shape index (κ1) is 40.5. The number of epoxide rings is 1. The number of rotatable bonds is 6. The zero-order chi connectivity index (χ0) is 42.7. The summed E-state index contributed by atoms with van der Waals surface area (Å²) in [4.78, 5) is 61.9. The quantitative estimate of drug-likeness (QED) is 0.0818. The summed E-state index contributed by atoms with van der Waals surface area (Å²) >= 11 is 0. The summed E-state index contributed by atoms with van der Waals surface area (Å²) in [5.74, 6) is -3.69. The number of ketones is 2. The molecule has 0 bridgehead atoms. The molecule has 1 aliphatic heterocycles. The van der Waals surface area contributed by atoms with Crippen molar-refractivity contribution in [2.75, 3.05) is 7.11 Å². The van der Waals surface area contributed by atoms with E-state index in [-0.39, 0.29) is 80.0 Å². The van der Waals surface area contributed by atoms with Gasteiger partial charge in [-0.15, -0.1) is 0 Å². The van der Waals surface area contributed by atoms with Crippen LogP contribution in [-0.4, -0.2) is 69.0 Å². The number of methoxy groups -OCH3 is 1. The zero-order valence-corrected chi connectivity index (χ0v) is 33.9. The predicted octanol–water partition coefficient (Wildman–Crippen LogP) is 7.65. The first-order valence-electron chi connectivity index (χ1n) is 19.2. The number of allylic oxidation sites excluding steroid dienone is 4. The summed E-state index contributed by atoms with van der Waals surface area (Å²) in [6.07, 6.45) is 10.1. The van der Waals surface area contributed by atoms with Crippen LogP contribution in [0.1, 0.15) is 113 Å². The molecule has 5 aliphatic rings. The summed E-state index contributed by atoms with van der Waals surface area (Å²) in [6, 6.07) is 4.74. The number of aryl methyl sites for hydroxylation is 2. The van der Waals surface area contributed by atoms with E-state index in [9.17, 15) is 44.4 Å². The second-order valence-electron chi connectivity index (χ2n) is 17.4. The molecule has 13 nitrogen and oxygen atoms in total. The van der Waals surface area contributed by atoms with Crippen LogP contribution in [0.15, 0.2) is 58.6 Å². The number of carboxylic acids is 1. The number of hydrogen-bond donors (Lipinski definition) is 4. The topological polar surface area (TPSA) is 210 Å². The number of Topliss-reactive ketones (excluding diaryl/α,β-unsaturated/α-hetero) is 1. The van der Waals surface area contributed by atoms with Crippen molar-refractivity contribution >= 4 is 29.8 Å². The number of benzene rings is 2. The van der Waals surface area contributed by atoms with Gasteiger partial charge in [-0.05, 0) is 119 Å². The maximum absolute atomic E-state index is 14.0. The number of aliphatic hydroxyl groups is 1. The van der Waals surface area contributed by atoms with E-state index in [1.54, 1.807) is 12.3 Å². The van der Waals surface area contributed by atoms with Gasteiger partial charge in [0.25, 0.3) is 0 Å². The van der Waals surface area contributed by atoms with Gasteiger partial charge < -0.3 is 39.1 Å². The SMILES string of the molecule is CC1(C)C(=O)C=CC2(C)C1=C(O)C(=O)C1(C)C2CCC2(C)C(c3ccoc3)CC3OC321.COc1cc(C)c(C(=O)Oc2cc(C)c(O)c(C(=O)O)c2C)c(O)c1C=O. The number of ether oxygens (including phenoxy) is 3. The maximum atomic E-state index is 14.0. The van der Waals surface area contributed by atoms with E-state index in [2.05, 4.69) is 13.8 Å². The minimum absolute atomic E-state index is 0.00527. The molecule has 7 atom stereocenters. The second kappa shape index (κ2) is 13.2. The Bertz CT molecular complexity index is 2380. The van der Waals surface area contributed by atoms with Gasteiger partial charge >= 0.3 is 11.9 Å². The van der Waals surface area contributed by atoms with Gasteiger partial charge in [-0.3, -0.25) is 14.4 Å². The number of fused-ring (bicyclic) bond motifs is 3. The van der Waals surface area contributed by atoms with E-state index in [0.717, 1.165) is 19.3 Å². The fourth-order valence-electron chi connectivity index (χ4n) is 11.5. The molecule has 7 unspecified atom stereocenters. The number of aliphatic hydroxyl groups excluding tert-OH is 1. The molecular formula is C45H48O13. The van der Waals surface area contributed by atoms with Crippen molar-refractivity contribution < 1.29 is 63.0 Å². The van der Waals surface area contributed by atoms with E-state index in [4.69, 9.17) is 18.6 Å². The molecule has 2 saturated carbocycles. The Kier molecular flexibility index (Phi) is 9.20. The number of hydrogen-bond acceptors (Lipinski definition) is 12. The van der Waals surface area contributed by atoms with E-state index in [1.165, 1.54) is 45.6 Å². The number of carboxylic acid groups (broad SMARTS) is 1. The van der Waals surface area contributed by atoms with Crippen LogP contribution in [0.25, 0.3) is 0 Å². The van der Waals surface area contributed by atoms with Crippen molar-refractivity contribution in [1.29, 1.82) is 0 Å². The first-order chi connectivity index (χ1) is 27.1. The van der Waals surface area contributed by atoms with Crippen LogP contribution in [0.5, 0.6) is 23.0 Å². The lowest BCUT2D eigenvalue weighted by atomic mass is 9.39. The van der Waals surface area contributed by atoms with Crippen molar-refractivity contribution in [1.82, 2.24) is 0 Å². The molecule has 2 aromatic carbocycles. The monoisotopic (exact) mass is 796 g/mol. The lowest BCUT2D eigenvalue weighted by Crippen LogP contribution is -2.66. The van der Waals surface area contributed by atoms with E-state index < -0.39 is 45.3 Å². The highest BCUT2D eigenvalue weighted by atomic mass is 16.6. The zero-order valence-electron chi connectivity index (χ0n) is 33.9. The maximum Gasteiger partial charge on any atom is 0.347 e. The molecule has 306 valence electrons. The third kappa shape index (κ3) is 5.14. The molecule has 1 spiro atoms. The molecule has 2 heterocycles. The molecule has 1 aromatic heterocycles. The third-order valence-corrected chi connectivity index (χ3v) is 14.3.